The van der Waals surface area contributed by atoms with Crippen molar-refractivity contribution in [3.63, 3.8) is 0 Å². The van der Waals surface area contributed by atoms with Crippen LogP contribution in [-0.2, 0) is 14.8 Å². The minimum absolute atomic E-state index is 0.0605. The van der Waals surface area contributed by atoms with Gasteiger partial charge in [-0.2, -0.15) is 0 Å². The van der Waals surface area contributed by atoms with Crippen molar-refractivity contribution in [3.05, 3.63) is 47.3 Å². The molecule has 1 atom stereocenters. The Morgan fingerprint density at radius 3 is 2.64 bits per heavy atom. The lowest BCUT2D eigenvalue weighted by atomic mass is 9.97. The lowest BCUT2D eigenvalue weighted by Crippen LogP contribution is -2.30. The SMILES string of the molecule is COc1ccccc1[C@@H](C)CC(=O)NS(=O)(=O)c1cccs1. The normalized spacial score (nSPS) is 12.6. The number of para-hydroxylation sites is 1. The summed E-state index contributed by atoms with van der Waals surface area (Å²) >= 11 is 1.07. The van der Waals surface area contributed by atoms with Crippen molar-refractivity contribution in [2.45, 2.75) is 23.5 Å². The molecule has 118 valence electrons. The van der Waals surface area contributed by atoms with Gasteiger partial charge in [-0.15, -0.1) is 11.3 Å². The summed E-state index contributed by atoms with van der Waals surface area (Å²) in [5, 5.41) is 1.65. The van der Waals surface area contributed by atoms with E-state index in [9.17, 15) is 13.2 Å². The van der Waals surface area contributed by atoms with Crippen LogP contribution in [0, 0.1) is 0 Å². The molecule has 22 heavy (non-hydrogen) atoms. The Balaban J connectivity index is 2.06. The van der Waals surface area contributed by atoms with Crippen LogP contribution in [0.2, 0.25) is 0 Å². The van der Waals surface area contributed by atoms with Gasteiger partial charge >= 0.3 is 0 Å². The maximum atomic E-state index is 12.0. The van der Waals surface area contributed by atoms with Crippen LogP contribution in [-0.4, -0.2) is 21.4 Å². The number of thiophene rings is 1. The Bertz CT molecular complexity index is 739. The number of carbonyl (C=O) groups excluding carboxylic acids is 1. The average molecular weight is 339 g/mol. The second-order valence-corrected chi connectivity index (χ2v) is 7.66. The third-order valence-electron chi connectivity index (χ3n) is 3.17. The molecule has 1 aromatic heterocycles. The number of rotatable bonds is 6. The van der Waals surface area contributed by atoms with Gasteiger partial charge in [-0.1, -0.05) is 31.2 Å². The quantitative estimate of drug-likeness (QED) is 0.878. The standard InChI is InChI=1S/C15H17NO4S2/c1-11(12-6-3-4-7-13(12)20-2)10-14(17)16-22(18,19)15-8-5-9-21-15/h3-9,11H,10H2,1-2H3,(H,16,17)/t11-/m0/s1. The molecular formula is C15H17NO4S2. The third kappa shape index (κ3) is 3.86. The fourth-order valence-electron chi connectivity index (χ4n) is 2.12. The first kappa shape index (κ1) is 16.5. The van der Waals surface area contributed by atoms with Crippen LogP contribution in [0.4, 0.5) is 0 Å². The molecule has 0 aliphatic rings. The van der Waals surface area contributed by atoms with E-state index < -0.39 is 15.9 Å². The van der Waals surface area contributed by atoms with Crippen LogP contribution in [0.15, 0.2) is 46.0 Å². The molecule has 0 aliphatic carbocycles. The highest BCUT2D eigenvalue weighted by atomic mass is 32.2. The van der Waals surface area contributed by atoms with E-state index in [0.29, 0.717) is 5.75 Å². The van der Waals surface area contributed by atoms with Crippen LogP contribution in [0.1, 0.15) is 24.8 Å². The second-order valence-electron chi connectivity index (χ2n) is 4.81. The molecule has 0 saturated heterocycles. The van der Waals surface area contributed by atoms with Crippen LogP contribution in [0.5, 0.6) is 5.75 Å². The molecule has 0 spiro atoms. The number of methoxy groups -OCH3 is 1. The zero-order valence-corrected chi connectivity index (χ0v) is 13.9. The van der Waals surface area contributed by atoms with Gasteiger partial charge in [-0.05, 0) is 29.0 Å². The number of hydrogen-bond donors (Lipinski definition) is 1. The molecule has 2 aromatic rings. The van der Waals surface area contributed by atoms with E-state index >= 15 is 0 Å². The molecule has 0 radical (unpaired) electrons. The Hall–Kier alpha value is -1.86. The number of amides is 1. The van der Waals surface area contributed by atoms with Crippen LogP contribution >= 0.6 is 11.3 Å². The lowest BCUT2D eigenvalue weighted by Gasteiger charge is -2.15. The van der Waals surface area contributed by atoms with Crippen molar-refractivity contribution in [2.24, 2.45) is 0 Å². The topological polar surface area (TPSA) is 72.5 Å². The minimum Gasteiger partial charge on any atom is -0.496 e. The molecule has 0 bridgehead atoms. The van der Waals surface area contributed by atoms with E-state index in [1.807, 2.05) is 31.2 Å². The first-order valence-corrected chi connectivity index (χ1v) is 9.02. The fraction of sp³-hybridized carbons (Fsp3) is 0.267. The van der Waals surface area contributed by atoms with E-state index in [4.69, 9.17) is 4.74 Å². The summed E-state index contributed by atoms with van der Waals surface area (Å²) in [6.07, 6.45) is 0.0605. The summed E-state index contributed by atoms with van der Waals surface area (Å²) in [5.74, 6) is -0.00888. The molecule has 1 aromatic carbocycles. The third-order valence-corrected chi connectivity index (χ3v) is 5.94. The van der Waals surface area contributed by atoms with Crippen molar-refractivity contribution >= 4 is 27.3 Å². The molecule has 0 unspecified atom stereocenters. The summed E-state index contributed by atoms with van der Waals surface area (Å²) in [7, 11) is -2.21. The van der Waals surface area contributed by atoms with E-state index in [2.05, 4.69) is 4.72 Å². The van der Waals surface area contributed by atoms with Crippen LogP contribution in [0.3, 0.4) is 0 Å². The van der Waals surface area contributed by atoms with Gasteiger partial charge < -0.3 is 4.74 Å². The average Bonchev–Trinajstić information content (AvgIpc) is 3.01. The molecule has 7 heteroatoms. The fourth-order valence-corrected chi connectivity index (χ4v) is 4.11. The monoisotopic (exact) mass is 339 g/mol. The Labute approximate surface area is 134 Å². The van der Waals surface area contributed by atoms with Gasteiger partial charge in [0, 0.05) is 6.42 Å². The predicted octanol–water partition coefficient (Wildman–Crippen LogP) is 2.76. The highest BCUT2D eigenvalue weighted by Gasteiger charge is 2.21. The smallest absolute Gasteiger partial charge is 0.273 e. The number of nitrogens with one attached hydrogen (secondary N) is 1. The molecular weight excluding hydrogens is 322 g/mol. The van der Waals surface area contributed by atoms with E-state index in [-0.39, 0.29) is 16.5 Å². The van der Waals surface area contributed by atoms with E-state index in [0.717, 1.165) is 16.9 Å². The number of ether oxygens (including phenoxy) is 1. The van der Waals surface area contributed by atoms with Crippen molar-refractivity contribution in [3.8, 4) is 5.75 Å². The van der Waals surface area contributed by atoms with Crippen LogP contribution < -0.4 is 9.46 Å². The van der Waals surface area contributed by atoms with Crippen molar-refractivity contribution in [1.82, 2.24) is 4.72 Å². The lowest BCUT2D eigenvalue weighted by molar-refractivity contribution is -0.119. The van der Waals surface area contributed by atoms with Gasteiger partial charge in [0.2, 0.25) is 5.91 Å². The van der Waals surface area contributed by atoms with Gasteiger partial charge in [0.15, 0.2) is 0 Å². The van der Waals surface area contributed by atoms with Crippen molar-refractivity contribution in [1.29, 1.82) is 0 Å². The number of hydrogen-bond acceptors (Lipinski definition) is 5. The molecule has 0 aliphatic heterocycles. The second kappa shape index (κ2) is 6.93. The molecule has 5 nitrogen and oxygen atoms in total. The molecule has 0 fully saturated rings. The maximum Gasteiger partial charge on any atom is 0.273 e. The zero-order chi connectivity index (χ0) is 16.2. The largest absolute Gasteiger partial charge is 0.496 e. The summed E-state index contributed by atoms with van der Waals surface area (Å²) in [5.41, 5.74) is 0.869. The minimum atomic E-state index is -3.77. The van der Waals surface area contributed by atoms with Gasteiger partial charge in [0.05, 0.1) is 7.11 Å². The first-order valence-electron chi connectivity index (χ1n) is 6.66. The summed E-state index contributed by atoms with van der Waals surface area (Å²) in [6, 6.07) is 10.5. The van der Waals surface area contributed by atoms with Gasteiger partial charge in [0.25, 0.3) is 10.0 Å². The van der Waals surface area contributed by atoms with Gasteiger partial charge in [-0.3, -0.25) is 4.79 Å². The summed E-state index contributed by atoms with van der Waals surface area (Å²) < 4.78 is 31.5. The van der Waals surface area contributed by atoms with E-state index in [1.54, 1.807) is 18.6 Å². The molecule has 0 saturated carbocycles. The molecule has 2 rings (SSSR count). The van der Waals surface area contributed by atoms with Crippen LogP contribution in [0.25, 0.3) is 0 Å². The molecule has 1 heterocycles. The highest BCUT2D eigenvalue weighted by Crippen LogP contribution is 2.28. The predicted molar refractivity (Wildman–Crippen MR) is 85.7 cm³/mol. The maximum absolute atomic E-state index is 12.0. The van der Waals surface area contributed by atoms with Gasteiger partial charge in [-0.25, -0.2) is 13.1 Å². The molecule has 1 amide bonds. The highest BCUT2D eigenvalue weighted by molar-refractivity contribution is 7.92. The van der Waals surface area contributed by atoms with E-state index in [1.165, 1.54) is 6.07 Å². The number of carbonyl (C=O) groups is 1. The Morgan fingerprint density at radius 1 is 1.27 bits per heavy atom. The summed E-state index contributed by atoms with van der Waals surface area (Å²) in [4.78, 5) is 12.0. The Morgan fingerprint density at radius 2 is 2.00 bits per heavy atom. The number of sulfonamides is 1. The van der Waals surface area contributed by atoms with Crippen molar-refractivity contribution < 1.29 is 17.9 Å². The first-order chi connectivity index (χ1) is 10.4. The Kier molecular flexibility index (Phi) is 5.20. The zero-order valence-electron chi connectivity index (χ0n) is 12.3. The summed E-state index contributed by atoms with van der Waals surface area (Å²) in [6.45, 7) is 1.86. The molecule has 1 N–H and O–H groups in total. The van der Waals surface area contributed by atoms with Crippen molar-refractivity contribution in [2.75, 3.05) is 7.11 Å². The number of benzene rings is 1. The van der Waals surface area contributed by atoms with Gasteiger partial charge in [0.1, 0.15) is 9.96 Å².